The van der Waals surface area contributed by atoms with Gasteiger partial charge in [0.15, 0.2) is 18.1 Å². The standard InChI is InChI=1S/C22H25NO5/c1-4-23(13-17-7-8-19-20(12-17)27-10-9-26-19)21(24)14-28-22(25)18-11-15(2)5-6-16(18)3/h5-8,11-12H,4,9-10,13-14H2,1-3H3. The number of aryl methyl sites for hydroxylation is 2. The van der Waals surface area contributed by atoms with Crippen LogP contribution in [-0.4, -0.2) is 43.1 Å². The first kappa shape index (κ1) is 19.7. The molecule has 148 valence electrons. The lowest BCUT2D eigenvalue weighted by Gasteiger charge is -2.23. The lowest BCUT2D eigenvalue weighted by molar-refractivity contribution is -0.134. The van der Waals surface area contributed by atoms with Gasteiger partial charge in [-0.1, -0.05) is 23.8 Å². The van der Waals surface area contributed by atoms with E-state index >= 15 is 0 Å². The Morgan fingerprint density at radius 2 is 1.79 bits per heavy atom. The van der Waals surface area contributed by atoms with Crippen molar-refractivity contribution in [1.29, 1.82) is 0 Å². The molecule has 0 aromatic heterocycles. The van der Waals surface area contributed by atoms with Crippen molar-refractivity contribution in [3.8, 4) is 11.5 Å². The van der Waals surface area contributed by atoms with Gasteiger partial charge in [-0.15, -0.1) is 0 Å². The summed E-state index contributed by atoms with van der Waals surface area (Å²) in [6.45, 7) is 7.33. The summed E-state index contributed by atoms with van der Waals surface area (Å²) in [5.41, 5.74) is 3.22. The first-order valence-electron chi connectivity index (χ1n) is 9.38. The quantitative estimate of drug-likeness (QED) is 0.717. The Hall–Kier alpha value is -3.02. The molecule has 1 heterocycles. The van der Waals surface area contributed by atoms with E-state index in [4.69, 9.17) is 14.2 Å². The predicted octanol–water partition coefficient (Wildman–Crippen LogP) is 3.28. The van der Waals surface area contributed by atoms with Crippen molar-refractivity contribution in [2.75, 3.05) is 26.4 Å². The molecule has 6 nitrogen and oxygen atoms in total. The van der Waals surface area contributed by atoms with Gasteiger partial charge in [0, 0.05) is 13.1 Å². The maximum absolute atomic E-state index is 12.5. The van der Waals surface area contributed by atoms with Crippen molar-refractivity contribution < 1.29 is 23.8 Å². The molecule has 2 aromatic carbocycles. The van der Waals surface area contributed by atoms with Crippen molar-refractivity contribution >= 4 is 11.9 Å². The van der Waals surface area contributed by atoms with Crippen LogP contribution in [0.25, 0.3) is 0 Å². The molecule has 1 aliphatic rings. The van der Waals surface area contributed by atoms with Gasteiger partial charge in [0.05, 0.1) is 5.56 Å². The molecule has 0 saturated carbocycles. The van der Waals surface area contributed by atoms with Crippen LogP contribution in [0.2, 0.25) is 0 Å². The van der Waals surface area contributed by atoms with E-state index < -0.39 is 5.97 Å². The second kappa shape index (κ2) is 8.78. The third-order valence-electron chi connectivity index (χ3n) is 4.65. The first-order chi connectivity index (χ1) is 13.5. The van der Waals surface area contributed by atoms with Crippen LogP contribution in [0.15, 0.2) is 36.4 Å². The lowest BCUT2D eigenvalue weighted by Crippen LogP contribution is -2.34. The number of nitrogens with zero attached hydrogens (tertiary/aromatic N) is 1. The summed E-state index contributed by atoms with van der Waals surface area (Å²) in [6.07, 6.45) is 0. The van der Waals surface area contributed by atoms with Gasteiger partial charge < -0.3 is 19.1 Å². The Balaban J connectivity index is 1.60. The number of carbonyl (C=O) groups is 2. The summed E-state index contributed by atoms with van der Waals surface area (Å²) in [5, 5.41) is 0. The van der Waals surface area contributed by atoms with Crippen molar-refractivity contribution in [1.82, 2.24) is 4.90 Å². The number of ether oxygens (including phenoxy) is 3. The third kappa shape index (κ3) is 4.63. The fourth-order valence-electron chi connectivity index (χ4n) is 3.03. The van der Waals surface area contributed by atoms with Crippen LogP contribution < -0.4 is 9.47 Å². The summed E-state index contributed by atoms with van der Waals surface area (Å²) in [4.78, 5) is 26.5. The molecule has 1 amide bonds. The van der Waals surface area contributed by atoms with Gasteiger partial charge in [-0.2, -0.15) is 0 Å². The maximum Gasteiger partial charge on any atom is 0.338 e. The van der Waals surface area contributed by atoms with Crippen LogP contribution >= 0.6 is 0 Å². The highest BCUT2D eigenvalue weighted by Gasteiger charge is 2.18. The molecule has 2 aromatic rings. The number of hydrogen-bond donors (Lipinski definition) is 0. The van der Waals surface area contributed by atoms with Gasteiger partial charge in [-0.25, -0.2) is 4.79 Å². The second-order valence-electron chi connectivity index (χ2n) is 6.78. The molecular formula is C22H25NO5. The van der Waals surface area contributed by atoms with Crippen molar-refractivity contribution in [3.63, 3.8) is 0 Å². The lowest BCUT2D eigenvalue weighted by atomic mass is 10.1. The van der Waals surface area contributed by atoms with Crippen LogP contribution in [-0.2, 0) is 16.1 Å². The molecule has 0 N–H and O–H groups in total. The largest absolute Gasteiger partial charge is 0.486 e. The highest BCUT2D eigenvalue weighted by Crippen LogP contribution is 2.31. The van der Waals surface area contributed by atoms with Crippen LogP contribution in [0.3, 0.4) is 0 Å². The van der Waals surface area contributed by atoms with E-state index in [0.717, 1.165) is 16.7 Å². The predicted molar refractivity (Wildman–Crippen MR) is 105 cm³/mol. The number of rotatable bonds is 6. The number of amides is 1. The monoisotopic (exact) mass is 383 g/mol. The summed E-state index contributed by atoms with van der Waals surface area (Å²) >= 11 is 0. The molecule has 0 atom stereocenters. The minimum Gasteiger partial charge on any atom is -0.486 e. The topological polar surface area (TPSA) is 65.1 Å². The van der Waals surface area contributed by atoms with E-state index in [0.29, 0.717) is 43.4 Å². The van der Waals surface area contributed by atoms with Crippen molar-refractivity contribution in [2.45, 2.75) is 27.3 Å². The average molecular weight is 383 g/mol. The molecule has 6 heteroatoms. The van der Waals surface area contributed by atoms with Gasteiger partial charge in [0.1, 0.15) is 13.2 Å². The Morgan fingerprint density at radius 3 is 2.54 bits per heavy atom. The number of carbonyl (C=O) groups excluding carboxylic acids is 2. The first-order valence-corrected chi connectivity index (χ1v) is 9.38. The Bertz CT molecular complexity index is 877. The second-order valence-corrected chi connectivity index (χ2v) is 6.78. The minimum absolute atomic E-state index is 0.240. The van der Waals surface area contributed by atoms with E-state index in [1.165, 1.54) is 0 Å². The molecule has 0 bridgehead atoms. The molecule has 0 saturated heterocycles. The fourth-order valence-corrected chi connectivity index (χ4v) is 3.03. The Morgan fingerprint density at radius 1 is 1.04 bits per heavy atom. The van der Waals surface area contributed by atoms with Gasteiger partial charge in [0.2, 0.25) is 0 Å². The molecule has 0 spiro atoms. The smallest absolute Gasteiger partial charge is 0.338 e. The SMILES string of the molecule is CCN(Cc1ccc2c(c1)OCCO2)C(=O)COC(=O)c1cc(C)ccc1C. The van der Waals surface area contributed by atoms with Gasteiger partial charge in [-0.3, -0.25) is 4.79 Å². The minimum atomic E-state index is -0.482. The van der Waals surface area contributed by atoms with Crippen LogP contribution in [0, 0.1) is 13.8 Å². The van der Waals surface area contributed by atoms with Crippen LogP contribution in [0.5, 0.6) is 11.5 Å². The van der Waals surface area contributed by atoms with Gasteiger partial charge >= 0.3 is 5.97 Å². The molecule has 0 fully saturated rings. The Kier molecular flexibility index (Phi) is 6.19. The van der Waals surface area contributed by atoms with E-state index in [2.05, 4.69) is 0 Å². The fraction of sp³-hybridized carbons (Fsp3) is 0.364. The number of hydrogen-bond acceptors (Lipinski definition) is 5. The van der Waals surface area contributed by atoms with Crippen molar-refractivity contribution in [3.05, 3.63) is 58.7 Å². The zero-order chi connectivity index (χ0) is 20.1. The molecule has 0 aliphatic carbocycles. The summed E-state index contributed by atoms with van der Waals surface area (Å²) < 4.78 is 16.4. The van der Waals surface area contributed by atoms with E-state index in [1.807, 2.05) is 51.1 Å². The van der Waals surface area contributed by atoms with Crippen LogP contribution in [0.1, 0.15) is 34.0 Å². The third-order valence-corrected chi connectivity index (χ3v) is 4.65. The summed E-state index contributed by atoms with van der Waals surface area (Å²) in [7, 11) is 0. The van der Waals surface area contributed by atoms with E-state index in [9.17, 15) is 9.59 Å². The number of fused-ring (bicyclic) bond motifs is 1. The highest BCUT2D eigenvalue weighted by atomic mass is 16.6. The highest BCUT2D eigenvalue weighted by molar-refractivity contribution is 5.92. The zero-order valence-corrected chi connectivity index (χ0v) is 16.5. The average Bonchev–Trinajstić information content (AvgIpc) is 2.71. The van der Waals surface area contributed by atoms with Gasteiger partial charge in [-0.05, 0) is 50.1 Å². The molecule has 0 radical (unpaired) electrons. The number of likely N-dealkylation sites (N-methyl/N-ethyl adjacent to an activating group) is 1. The molecule has 0 unspecified atom stereocenters. The molecule has 1 aliphatic heterocycles. The Labute approximate surface area is 165 Å². The van der Waals surface area contributed by atoms with E-state index in [1.54, 1.807) is 11.0 Å². The summed E-state index contributed by atoms with van der Waals surface area (Å²) in [6, 6.07) is 11.2. The zero-order valence-electron chi connectivity index (χ0n) is 16.5. The molecular weight excluding hydrogens is 358 g/mol. The van der Waals surface area contributed by atoms with Crippen LogP contribution in [0.4, 0.5) is 0 Å². The van der Waals surface area contributed by atoms with Gasteiger partial charge in [0.25, 0.3) is 5.91 Å². The van der Waals surface area contributed by atoms with Crippen molar-refractivity contribution in [2.24, 2.45) is 0 Å². The normalized spacial score (nSPS) is 12.4. The van der Waals surface area contributed by atoms with E-state index in [-0.39, 0.29) is 12.5 Å². The number of esters is 1. The summed E-state index contributed by atoms with van der Waals surface area (Å²) in [5.74, 6) is 0.682. The maximum atomic E-state index is 12.5. The number of benzene rings is 2. The molecule has 28 heavy (non-hydrogen) atoms. The molecule has 3 rings (SSSR count).